The first kappa shape index (κ1) is 29.7. The highest BCUT2D eigenvalue weighted by Gasteiger charge is 2.46. The van der Waals surface area contributed by atoms with Crippen LogP contribution < -0.4 is 10.6 Å². The Hall–Kier alpha value is -4.24. The molecule has 0 radical (unpaired) electrons. The van der Waals surface area contributed by atoms with Gasteiger partial charge < -0.3 is 15.7 Å². The predicted octanol–water partition coefficient (Wildman–Crippen LogP) is 4.72. The van der Waals surface area contributed by atoms with Crippen molar-refractivity contribution in [3.05, 3.63) is 102 Å². The molecular weight excluding hydrogens is 521 g/mol. The minimum absolute atomic E-state index is 0.0183. The molecule has 0 aliphatic carbocycles. The first-order valence-corrected chi connectivity index (χ1v) is 13.8. The van der Waals surface area contributed by atoms with Crippen molar-refractivity contribution in [2.24, 2.45) is 0 Å². The van der Waals surface area contributed by atoms with Gasteiger partial charge in [0.25, 0.3) is 5.91 Å². The molecule has 9 heteroatoms. The topological polar surface area (TPSA) is 117 Å². The number of amides is 2. The number of nitrogens with zero attached hydrogens (tertiary/aromatic N) is 3. The third kappa shape index (κ3) is 8.14. The van der Waals surface area contributed by atoms with Crippen LogP contribution in [0, 0.1) is 0 Å². The highest BCUT2D eigenvalue weighted by atomic mass is 19.1. The zero-order valence-corrected chi connectivity index (χ0v) is 23.4. The number of benzene rings is 2. The van der Waals surface area contributed by atoms with Crippen molar-refractivity contribution >= 4 is 22.8 Å². The Labute approximate surface area is 239 Å². The Morgan fingerprint density at radius 2 is 1.63 bits per heavy atom. The number of unbranched alkanes of at least 4 members (excludes halogenated alkanes) is 1. The van der Waals surface area contributed by atoms with E-state index in [0.29, 0.717) is 36.0 Å². The molecule has 2 aromatic heterocycles. The SMILES string of the molecule is CC(C)(F)CCCC[C@H](O)[C@](Cc1ccccc1)(NC(=O)c1cnc2ccccc2n1)C(=O)NCc1ccccn1. The smallest absolute Gasteiger partial charge is 0.272 e. The molecule has 4 aromatic rings. The zero-order valence-electron chi connectivity index (χ0n) is 23.4. The van der Waals surface area contributed by atoms with Gasteiger partial charge in [0.2, 0.25) is 5.91 Å². The van der Waals surface area contributed by atoms with E-state index in [0.717, 1.165) is 5.56 Å². The summed E-state index contributed by atoms with van der Waals surface area (Å²) in [4.78, 5) is 40.8. The Balaban J connectivity index is 1.67. The molecule has 0 bridgehead atoms. The van der Waals surface area contributed by atoms with E-state index in [1.807, 2.05) is 42.5 Å². The molecule has 8 nitrogen and oxygen atoms in total. The van der Waals surface area contributed by atoms with Crippen LogP contribution in [0.15, 0.2) is 85.2 Å². The number of halogens is 1. The summed E-state index contributed by atoms with van der Waals surface area (Å²) in [7, 11) is 0. The summed E-state index contributed by atoms with van der Waals surface area (Å²) in [5.41, 5.74) is -0.549. The van der Waals surface area contributed by atoms with Crippen molar-refractivity contribution in [1.29, 1.82) is 0 Å². The van der Waals surface area contributed by atoms with E-state index in [1.165, 1.54) is 20.0 Å². The molecule has 2 heterocycles. The van der Waals surface area contributed by atoms with Gasteiger partial charge in [-0.25, -0.2) is 9.37 Å². The molecule has 0 spiro atoms. The van der Waals surface area contributed by atoms with E-state index >= 15 is 0 Å². The number of pyridine rings is 1. The van der Waals surface area contributed by atoms with E-state index in [9.17, 15) is 19.1 Å². The van der Waals surface area contributed by atoms with Gasteiger partial charge in [-0.1, -0.05) is 61.4 Å². The van der Waals surface area contributed by atoms with Gasteiger partial charge in [-0.05, 0) is 56.5 Å². The van der Waals surface area contributed by atoms with Crippen LogP contribution in [0.3, 0.4) is 0 Å². The van der Waals surface area contributed by atoms with Gasteiger partial charge >= 0.3 is 0 Å². The number of aliphatic hydroxyl groups is 1. The number of para-hydroxylation sites is 2. The van der Waals surface area contributed by atoms with Gasteiger partial charge in [0.15, 0.2) is 0 Å². The lowest BCUT2D eigenvalue weighted by molar-refractivity contribution is -0.132. The molecule has 214 valence electrons. The van der Waals surface area contributed by atoms with Crippen LogP contribution in [0.4, 0.5) is 4.39 Å². The van der Waals surface area contributed by atoms with Gasteiger partial charge in [0.1, 0.15) is 16.9 Å². The minimum atomic E-state index is -1.76. The van der Waals surface area contributed by atoms with E-state index in [2.05, 4.69) is 25.6 Å². The fourth-order valence-electron chi connectivity index (χ4n) is 4.75. The quantitative estimate of drug-likeness (QED) is 0.205. The van der Waals surface area contributed by atoms with E-state index in [1.54, 1.807) is 36.5 Å². The van der Waals surface area contributed by atoms with Crippen LogP contribution in [0.1, 0.15) is 61.3 Å². The van der Waals surface area contributed by atoms with Crippen LogP contribution in [0.5, 0.6) is 0 Å². The number of aliphatic hydroxyl groups excluding tert-OH is 1. The summed E-state index contributed by atoms with van der Waals surface area (Å²) in [6.45, 7) is 3.13. The van der Waals surface area contributed by atoms with Crippen LogP contribution in [-0.4, -0.2) is 49.2 Å². The first-order chi connectivity index (χ1) is 19.7. The predicted molar refractivity (Wildman–Crippen MR) is 156 cm³/mol. The molecule has 2 amide bonds. The van der Waals surface area contributed by atoms with Crippen molar-refractivity contribution in [2.75, 3.05) is 0 Å². The van der Waals surface area contributed by atoms with Crippen molar-refractivity contribution in [1.82, 2.24) is 25.6 Å². The highest BCUT2D eigenvalue weighted by Crippen LogP contribution is 2.26. The number of carbonyl (C=O) groups is 2. The van der Waals surface area contributed by atoms with Crippen LogP contribution in [0.25, 0.3) is 11.0 Å². The summed E-state index contributed by atoms with van der Waals surface area (Å²) in [6, 6.07) is 21.7. The standard InChI is InChI=1S/C32H36FN5O3/c1-31(2,33)18-10-8-17-28(39)32(20-23-12-4-3-5-13-23,30(41)36-21-24-14-9-11-19-34-24)38-29(40)27-22-35-25-15-6-7-16-26(25)37-27/h3-7,9,11-16,19,22,28,39H,8,10,17-18,20-21H2,1-2H3,(H,36,41)(H,38,40)/t28-,32-/m0/s1. The van der Waals surface area contributed by atoms with Gasteiger partial charge in [-0.3, -0.25) is 19.6 Å². The van der Waals surface area contributed by atoms with E-state index < -0.39 is 29.1 Å². The Morgan fingerprint density at radius 1 is 0.927 bits per heavy atom. The molecule has 0 fully saturated rings. The van der Waals surface area contributed by atoms with Crippen molar-refractivity contribution in [3.8, 4) is 0 Å². The lowest BCUT2D eigenvalue weighted by Gasteiger charge is -2.38. The molecule has 2 aromatic carbocycles. The second kappa shape index (κ2) is 13.4. The third-order valence-electron chi connectivity index (χ3n) is 6.97. The number of carbonyl (C=O) groups excluding carboxylic acids is 2. The molecule has 0 aliphatic heterocycles. The molecule has 0 unspecified atom stereocenters. The molecular formula is C32H36FN5O3. The van der Waals surface area contributed by atoms with Crippen molar-refractivity contribution < 1.29 is 19.1 Å². The first-order valence-electron chi connectivity index (χ1n) is 13.8. The molecule has 4 rings (SSSR count). The maximum atomic E-state index is 14.1. The molecule has 41 heavy (non-hydrogen) atoms. The normalized spacial score (nSPS) is 13.8. The maximum absolute atomic E-state index is 14.1. The molecule has 2 atom stereocenters. The van der Waals surface area contributed by atoms with Gasteiger partial charge in [-0.2, -0.15) is 0 Å². The van der Waals surface area contributed by atoms with Gasteiger partial charge in [-0.15, -0.1) is 0 Å². The van der Waals surface area contributed by atoms with E-state index in [4.69, 9.17) is 0 Å². The summed E-state index contributed by atoms with van der Waals surface area (Å²) >= 11 is 0. The Morgan fingerprint density at radius 3 is 2.34 bits per heavy atom. The lowest BCUT2D eigenvalue weighted by Crippen LogP contribution is -2.66. The summed E-state index contributed by atoms with van der Waals surface area (Å²) in [5.74, 6) is -1.21. The van der Waals surface area contributed by atoms with Crippen LogP contribution >= 0.6 is 0 Å². The molecule has 3 N–H and O–H groups in total. The number of alkyl halides is 1. The largest absolute Gasteiger partial charge is 0.390 e. The van der Waals surface area contributed by atoms with Crippen LogP contribution in [0.2, 0.25) is 0 Å². The monoisotopic (exact) mass is 557 g/mol. The molecule has 0 saturated carbocycles. The van der Waals surface area contributed by atoms with Crippen molar-refractivity contribution in [3.63, 3.8) is 0 Å². The maximum Gasteiger partial charge on any atom is 0.272 e. The Kier molecular flexibility index (Phi) is 9.73. The summed E-state index contributed by atoms with van der Waals surface area (Å²) in [5, 5.41) is 17.4. The number of hydrogen-bond acceptors (Lipinski definition) is 6. The summed E-state index contributed by atoms with van der Waals surface area (Å²) in [6.07, 6.45) is 3.18. The number of aromatic nitrogens is 3. The van der Waals surface area contributed by atoms with Gasteiger partial charge in [0, 0.05) is 12.6 Å². The third-order valence-corrected chi connectivity index (χ3v) is 6.97. The second-order valence-electron chi connectivity index (χ2n) is 10.8. The number of fused-ring (bicyclic) bond motifs is 1. The molecule has 0 aliphatic rings. The lowest BCUT2D eigenvalue weighted by atomic mass is 9.81. The van der Waals surface area contributed by atoms with Gasteiger partial charge in [0.05, 0.1) is 35.6 Å². The second-order valence-corrected chi connectivity index (χ2v) is 10.8. The van der Waals surface area contributed by atoms with Crippen molar-refractivity contribution in [2.45, 2.75) is 69.8 Å². The van der Waals surface area contributed by atoms with Crippen LogP contribution in [-0.2, 0) is 17.8 Å². The minimum Gasteiger partial charge on any atom is -0.390 e. The van der Waals surface area contributed by atoms with E-state index in [-0.39, 0.29) is 25.1 Å². The number of nitrogens with one attached hydrogen (secondary N) is 2. The fraction of sp³-hybridized carbons (Fsp3) is 0.344. The fourth-order valence-corrected chi connectivity index (χ4v) is 4.75. The zero-order chi connectivity index (χ0) is 29.3. The highest BCUT2D eigenvalue weighted by molar-refractivity contribution is 5.99. The number of hydrogen-bond donors (Lipinski definition) is 3. The number of rotatable bonds is 13. The summed E-state index contributed by atoms with van der Waals surface area (Å²) < 4.78 is 14.1. The average Bonchev–Trinajstić information content (AvgIpc) is 2.97. The average molecular weight is 558 g/mol. The Bertz CT molecular complexity index is 1450. The molecule has 0 saturated heterocycles.